The first kappa shape index (κ1) is 7.60. The van der Waals surface area contributed by atoms with Gasteiger partial charge in [-0.05, 0) is 31.1 Å². The molecule has 11 heavy (non-hydrogen) atoms. The molecule has 1 aliphatic heterocycles. The first-order valence-corrected chi connectivity index (χ1v) is 4.83. The lowest BCUT2D eigenvalue weighted by Gasteiger charge is -2.39. The van der Waals surface area contributed by atoms with Gasteiger partial charge in [-0.3, -0.25) is 0 Å². The number of ether oxygens (including phenoxy) is 1. The molecule has 1 saturated heterocycles. The van der Waals surface area contributed by atoms with Crippen molar-refractivity contribution in [2.24, 2.45) is 5.41 Å². The van der Waals surface area contributed by atoms with Crippen molar-refractivity contribution in [3.8, 4) is 0 Å². The Morgan fingerprint density at radius 3 is 2.45 bits per heavy atom. The summed E-state index contributed by atoms with van der Waals surface area (Å²) < 4.78 is 5.34. The van der Waals surface area contributed by atoms with Crippen molar-refractivity contribution in [1.29, 1.82) is 0 Å². The summed E-state index contributed by atoms with van der Waals surface area (Å²) >= 11 is 0. The fourth-order valence-electron chi connectivity index (χ4n) is 2.41. The van der Waals surface area contributed by atoms with Crippen LogP contribution in [0.15, 0.2) is 0 Å². The maximum atomic E-state index is 5.34. The van der Waals surface area contributed by atoms with E-state index in [4.69, 9.17) is 4.74 Å². The van der Waals surface area contributed by atoms with E-state index in [-0.39, 0.29) is 0 Å². The lowest BCUT2D eigenvalue weighted by Crippen LogP contribution is -2.32. The van der Waals surface area contributed by atoms with Crippen LogP contribution in [0.2, 0.25) is 0 Å². The zero-order valence-electron chi connectivity index (χ0n) is 7.14. The summed E-state index contributed by atoms with van der Waals surface area (Å²) in [6.45, 7) is 1.90. The average Bonchev–Trinajstić information content (AvgIpc) is 2.07. The molecular weight excluding hydrogens is 136 g/mol. The molecule has 63 valence electrons. The van der Waals surface area contributed by atoms with E-state index in [0.29, 0.717) is 5.41 Å². The molecule has 0 aromatic rings. The van der Waals surface area contributed by atoms with Crippen LogP contribution >= 0.6 is 0 Å². The molecular formula is C10H17O. The first-order valence-electron chi connectivity index (χ1n) is 4.83. The molecule has 1 nitrogen and oxygen atoms in total. The number of hydrogen-bond donors (Lipinski definition) is 0. The predicted molar refractivity (Wildman–Crippen MR) is 45.3 cm³/mol. The number of hydrogen-bond acceptors (Lipinski definition) is 1. The molecule has 2 rings (SSSR count). The molecule has 0 unspecified atom stereocenters. The highest BCUT2D eigenvalue weighted by Gasteiger charge is 2.33. The Morgan fingerprint density at radius 1 is 1.00 bits per heavy atom. The van der Waals surface area contributed by atoms with Gasteiger partial charge >= 0.3 is 0 Å². The largest absolute Gasteiger partial charge is 0.381 e. The summed E-state index contributed by atoms with van der Waals surface area (Å²) in [6, 6.07) is 0. The van der Waals surface area contributed by atoms with Crippen LogP contribution < -0.4 is 0 Å². The van der Waals surface area contributed by atoms with Crippen molar-refractivity contribution in [2.45, 2.75) is 38.5 Å². The summed E-state index contributed by atoms with van der Waals surface area (Å²) in [4.78, 5) is 0. The fraction of sp³-hybridized carbons (Fsp3) is 0.900. The Balaban J connectivity index is 1.94. The van der Waals surface area contributed by atoms with Gasteiger partial charge in [-0.25, -0.2) is 0 Å². The second kappa shape index (κ2) is 3.14. The predicted octanol–water partition coefficient (Wildman–Crippen LogP) is 2.56. The van der Waals surface area contributed by atoms with Crippen LogP contribution in [-0.2, 0) is 4.74 Å². The normalized spacial score (nSPS) is 30.5. The molecule has 2 fully saturated rings. The van der Waals surface area contributed by atoms with Crippen LogP contribution in [0.5, 0.6) is 0 Å². The fourth-order valence-corrected chi connectivity index (χ4v) is 2.41. The van der Waals surface area contributed by atoms with E-state index in [0.717, 1.165) is 13.2 Å². The average molecular weight is 153 g/mol. The van der Waals surface area contributed by atoms with E-state index >= 15 is 0 Å². The summed E-state index contributed by atoms with van der Waals surface area (Å²) in [5.74, 6) is 0. The smallest absolute Gasteiger partial charge is 0.0503 e. The van der Waals surface area contributed by atoms with Crippen LogP contribution in [0, 0.1) is 11.8 Å². The zero-order valence-corrected chi connectivity index (χ0v) is 7.14. The maximum absolute atomic E-state index is 5.34. The standard InChI is InChI=1S/C10H17O/c1-2-4-10(5-3-1)6-8-11-9-7-10/h6H,1-5,7-9H2. The van der Waals surface area contributed by atoms with Gasteiger partial charge < -0.3 is 4.74 Å². The Bertz CT molecular complexity index is 99.3. The monoisotopic (exact) mass is 153 g/mol. The summed E-state index contributed by atoms with van der Waals surface area (Å²) in [7, 11) is 0. The molecule has 0 N–H and O–H groups in total. The molecule has 0 aromatic heterocycles. The molecule has 0 atom stereocenters. The van der Waals surface area contributed by atoms with E-state index in [2.05, 4.69) is 6.42 Å². The van der Waals surface area contributed by atoms with Gasteiger partial charge in [0.25, 0.3) is 0 Å². The highest BCUT2D eigenvalue weighted by atomic mass is 16.5. The molecule has 1 saturated carbocycles. The van der Waals surface area contributed by atoms with Crippen LogP contribution in [0.3, 0.4) is 0 Å². The quantitative estimate of drug-likeness (QED) is 0.519. The minimum absolute atomic E-state index is 0.608. The maximum Gasteiger partial charge on any atom is 0.0503 e. The molecule has 1 heterocycles. The summed E-state index contributed by atoms with van der Waals surface area (Å²) in [5, 5.41) is 0. The zero-order chi connectivity index (χ0) is 7.57. The SMILES string of the molecule is [CH]1COCCC12CCCCC2. The van der Waals surface area contributed by atoms with Gasteiger partial charge in [0, 0.05) is 6.61 Å². The minimum Gasteiger partial charge on any atom is -0.381 e. The molecule has 1 heteroatoms. The second-order valence-corrected chi connectivity index (χ2v) is 3.95. The van der Waals surface area contributed by atoms with E-state index < -0.39 is 0 Å². The van der Waals surface area contributed by atoms with Crippen molar-refractivity contribution < 1.29 is 4.74 Å². The van der Waals surface area contributed by atoms with Crippen LogP contribution in [0.25, 0.3) is 0 Å². The van der Waals surface area contributed by atoms with Gasteiger partial charge in [-0.2, -0.15) is 0 Å². The highest BCUT2D eigenvalue weighted by molar-refractivity contribution is 4.96. The number of rotatable bonds is 0. The van der Waals surface area contributed by atoms with E-state index in [1.54, 1.807) is 0 Å². The Morgan fingerprint density at radius 2 is 1.82 bits per heavy atom. The van der Waals surface area contributed by atoms with Gasteiger partial charge in [0.05, 0.1) is 6.61 Å². The topological polar surface area (TPSA) is 9.23 Å². The van der Waals surface area contributed by atoms with E-state index in [1.165, 1.54) is 38.5 Å². The van der Waals surface area contributed by atoms with Crippen LogP contribution in [0.4, 0.5) is 0 Å². The van der Waals surface area contributed by atoms with Gasteiger partial charge in [-0.15, -0.1) is 0 Å². The third kappa shape index (κ3) is 1.58. The highest BCUT2D eigenvalue weighted by Crippen LogP contribution is 2.43. The van der Waals surface area contributed by atoms with Crippen molar-refractivity contribution in [3.05, 3.63) is 6.42 Å². The van der Waals surface area contributed by atoms with Crippen molar-refractivity contribution in [2.75, 3.05) is 13.2 Å². The lowest BCUT2D eigenvalue weighted by atomic mass is 9.69. The van der Waals surface area contributed by atoms with Crippen molar-refractivity contribution in [1.82, 2.24) is 0 Å². The third-order valence-electron chi connectivity index (χ3n) is 3.23. The van der Waals surface area contributed by atoms with Gasteiger partial charge in [0.2, 0.25) is 0 Å². The molecule has 2 aliphatic rings. The van der Waals surface area contributed by atoms with Gasteiger partial charge in [0.15, 0.2) is 0 Å². The molecule has 1 aliphatic carbocycles. The van der Waals surface area contributed by atoms with Gasteiger partial charge in [-0.1, -0.05) is 19.3 Å². The van der Waals surface area contributed by atoms with Gasteiger partial charge in [0.1, 0.15) is 0 Å². The summed E-state index contributed by atoms with van der Waals surface area (Å²) in [5.41, 5.74) is 0.608. The molecule has 0 bridgehead atoms. The van der Waals surface area contributed by atoms with Crippen molar-refractivity contribution >= 4 is 0 Å². The molecule has 0 aromatic carbocycles. The Hall–Kier alpha value is -0.0400. The molecule has 1 radical (unpaired) electrons. The van der Waals surface area contributed by atoms with E-state index in [9.17, 15) is 0 Å². The Labute approximate surface area is 69.1 Å². The first-order chi connectivity index (χ1) is 5.41. The Kier molecular flexibility index (Phi) is 2.17. The van der Waals surface area contributed by atoms with Crippen LogP contribution in [0.1, 0.15) is 38.5 Å². The van der Waals surface area contributed by atoms with Crippen LogP contribution in [-0.4, -0.2) is 13.2 Å². The second-order valence-electron chi connectivity index (χ2n) is 3.95. The third-order valence-corrected chi connectivity index (χ3v) is 3.23. The molecule has 0 amide bonds. The minimum atomic E-state index is 0.608. The van der Waals surface area contributed by atoms with E-state index in [1.807, 2.05) is 0 Å². The molecule has 1 spiro atoms. The van der Waals surface area contributed by atoms with Crippen molar-refractivity contribution in [3.63, 3.8) is 0 Å². The summed E-state index contributed by atoms with van der Waals surface area (Å²) in [6.07, 6.45) is 10.9. The lowest BCUT2D eigenvalue weighted by molar-refractivity contribution is 0.0420.